The van der Waals surface area contributed by atoms with E-state index in [1.807, 2.05) is 0 Å². The van der Waals surface area contributed by atoms with Crippen molar-refractivity contribution in [1.82, 2.24) is 0 Å². The standard InChI is InChI=1S/C4H8.C2H8N2.6K.H3O3P.6H/c1-2-4-3-1;3-1-2-4;;;;;;;1-4(2)3;;;;;;/h2*1-4H2;;;;;;;4H,(H2,1,2,3);;;;;;. The van der Waals surface area contributed by atoms with Crippen LogP contribution in [0.25, 0.3) is 0 Å². The zero-order chi connectivity index (χ0) is 9.82. The fraction of sp³-hybridized carbons (Fsp3) is 1.00. The maximum atomic E-state index is 8.74. The van der Waals surface area contributed by atoms with E-state index in [-0.39, 0.29) is 308 Å². The summed E-state index contributed by atoms with van der Waals surface area (Å²) in [7, 11) is -3.13. The molecule has 18 heavy (non-hydrogen) atoms. The summed E-state index contributed by atoms with van der Waals surface area (Å²) >= 11 is 0. The van der Waals surface area contributed by atoms with E-state index >= 15 is 0 Å². The minimum atomic E-state index is -3.13. The number of rotatable bonds is 1. The molecular weight excluding hydrogens is 414 g/mol. The van der Waals surface area contributed by atoms with Crippen molar-refractivity contribution in [2.45, 2.75) is 25.7 Å². The van der Waals surface area contributed by atoms with Crippen molar-refractivity contribution in [3.63, 3.8) is 0 Å². The van der Waals surface area contributed by atoms with Crippen LogP contribution in [0.15, 0.2) is 0 Å². The second kappa shape index (κ2) is 50.5. The first kappa shape index (κ1) is 51.0. The van der Waals surface area contributed by atoms with Crippen LogP contribution >= 0.6 is 8.25 Å². The molecule has 0 saturated heterocycles. The van der Waals surface area contributed by atoms with Crippen LogP contribution in [0.1, 0.15) is 25.7 Å². The molecule has 1 fully saturated rings. The molecule has 0 aromatic rings. The van der Waals surface area contributed by atoms with Crippen LogP contribution in [0.4, 0.5) is 0 Å². The zero-order valence-corrected chi connectivity index (χ0v) is 8.20. The van der Waals surface area contributed by atoms with Gasteiger partial charge in [-0.15, -0.1) is 0 Å². The van der Waals surface area contributed by atoms with Crippen LogP contribution < -0.4 is 11.5 Å². The number of hydrogen-bond donors (Lipinski definition) is 4. The van der Waals surface area contributed by atoms with E-state index in [9.17, 15) is 0 Å². The van der Waals surface area contributed by atoms with Crippen molar-refractivity contribution in [2.24, 2.45) is 11.5 Å². The van der Waals surface area contributed by atoms with Crippen LogP contribution in [-0.4, -0.2) is 331 Å². The Bertz CT molecular complexity index is 105. The molecule has 0 bridgehead atoms. The molecule has 1 saturated carbocycles. The Labute approximate surface area is 367 Å². The van der Waals surface area contributed by atoms with Crippen LogP contribution in [0, 0.1) is 0 Å². The fourth-order valence-electron chi connectivity index (χ4n) is 0.250. The Morgan fingerprint density at radius 3 is 0.833 bits per heavy atom. The molecule has 0 amide bonds. The Morgan fingerprint density at radius 1 is 0.722 bits per heavy atom. The molecule has 0 aromatic carbocycles. The zero-order valence-electron chi connectivity index (χ0n) is 7.20. The summed E-state index contributed by atoms with van der Waals surface area (Å²) in [5.41, 5.74) is 9.81. The molecule has 0 atom stereocenters. The van der Waals surface area contributed by atoms with Gasteiger partial charge in [-0.25, -0.2) is 0 Å². The summed E-state index contributed by atoms with van der Waals surface area (Å²) in [5.74, 6) is 0. The summed E-state index contributed by atoms with van der Waals surface area (Å²) in [6, 6.07) is 0. The average Bonchev–Trinajstić information content (AvgIpc) is 1.82. The molecule has 0 unspecified atom stereocenters. The number of nitrogens with two attached hydrogens (primary N) is 2. The van der Waals surface area contributed by atoms with Gasteiger partial charge in [-0.05, 0) is 0 Å². The van der Waals surface area contributed by atoms with Crippen molar-refractivity contribution >= 4 is 317 Å². The second-order valence-corrected chi connectivity index (χ2v) is 2.84. The van der Waals surface area contributed by atoms with Gasteiger partial charge in [0.2, 0.25) is 0 Å². The molecule has 0 aromatic heterocycles. The Morgan fingerprint density at radius 2 is 0.833 bits per heavy atom. The maximum absolute atomic E-state index is 8.74. The molecule has 1 aliphatic carbocycles. The van der Waals surface area contributed by atoms with Gasteiger partial charge in [-0.3, -0.25) is 4.57 Å². The van der Waals surface area contributed by atoms with Gasteiger partial charge >= 0.3 is 317 Å². The van der Waals surface area contributed by atoms with Crippen LogP contribution in [0.5, 0.6) is 0 Å². The van der Waals surface area contributed by atoms with E-state index in [0.717, 1.165) is 0 Å². The predicted molar refractivity (Wildman–Crippen MR) is 92.9 cm³/mol. The van der Waals surface area contributed by atoms with Gasteiger partial charge in [0.05, 0.1) is 0 Å². The Kier molecular flexibility index (Phi) is 143. The molecule has 1 rings (SSSR count). The summed E-state index contributed by atoms with van der Waals surface area (Å²) in [5, 5.41) is 0. The molecular formula is C6H25K6N2O3P. The molecule has 0 radical (unpaired) electrons. The van der Waals surface area contributed by atoms with Crippen molar-refractivity contribution in [3.05, 3.63) is 0 Å². The molecule has 5 nitrogen and oxygen atoms in total. The molecule has 0 aliphatic heterocycles. The molecule has 88 valence electrons. The molecule has 12 heteroatoms. The second-order valence-electron chi connectivity index (χ2n) is 2.27. The van der Waals surface area contributed by atoms with Crippen molar-refractivity contribution in [2.75, 3.05) is 13.1 Å². The molecule has 6 N–H and O–H groups in total. The van der Waals surface area contributed by atoms with Crippen molar-refractivity contribution < 1.29 is 14.4 Å². The monoisotopic (exact) mass is 438 g/mol. The first-order valence-corrected chi connectivity index (χ1v) is 5.27. The van der Waals surface area contributed by atoms with Gasteiger partial charge in [-0.1, -0.05) is 25.7 Å². The molecule has 1 aliphatic rings. The van der Waals surface area contributed by atoms with Gasteiger partial charge in [-0.2, -0.15) is 0 Å². The van der Waals surface area contributed by atoms with E-state index in [2.05, 4.69) is 0 Å². The predicted octanol–water partition coefficient (Wildman–Crippen LogP) is -4.07. The van der Waals surface area contributed by atoms with E-state index in [4.69, 9.17) is 25.8 Å². The SMILES string of the molecule is C1CCC1.NCCN.O=[PH](O)O.[KH].[KH].[KH].[KH].[KH].[KH]. The minimum absolute atomic E-state index is 0. The topological polar surface area (TPSA) is 110 Å². The van der Waals surface area contributed by atoms with Crippen molar-refractivity contribution in [1.29, 1.82) is 0 Å². The summed E-state index contributed by atoms with van der Waals surface area (Å²) < 4.78 is 8.74. The normalized spacial score (nSPS) is 8.94. The molecule has 0 spiro atoms. The Balaban J connectivity index is -0.0000000119. The third-order valence-corrected chi connectivity index (χ3v) is 1.17. The van der Waals surface area contributed by atoms with E-state index in [1.165, 1.54) is 25.7 Å². The summed E-state index contributed by atoms with van der Waals surface area (Å²) in [6.45, 7) is 1.19. The molecule has 0 heterocycles. The van der Waals surface area contributed by atoms with Gasteiger partial charge in [0.25, 0.3) is 0 Å². The van der Waals surface area contributed by atoms with Crippen molar-refractivity contribution in [3.8, 4) is 0 Å². The Hall–Kier alpha value is 9.89. The van der Waals surface area contributed by atoms with E-state index in [0.29, 0.717) is 13.1 Å². The quantitative estimate of drug-likeness (QED) is 0.246. The third-order valence-electron chi connectivity index (χ3n) is 1.17. The van der Waals surface area contributed by atoms with E-state index in [1.54, 1.807) is 0 Å². The number of hydrogen-bond acceptors (Lipinski definition) is 3. The third kappa shape index (κ3) is 72.3. The average molecular weight is 439 g/mol. The fourth-order valence-corrected chi connectivity index (χ4v) is 0.250. The van der Waals surface area contributed by atoms with E-state index < -0.39 is 8.25 Å². The van der Waals surface area contributed by atoms with Gasteiger partial charge < -0.3 is 21.3 Å². The van der Waals surface area contributed by atoms with Gasteiger partial charge in [0, 0.05) is 13.1 Å². The van der Waals surface area contributed by atoms with Gasteiger partial charge in [0.15, 0.2) is 0 Å². The summed E-state index contributed by atoms with van der Waals surface area (Å²) in [6.07, 6.45) is 6.00. The summed E-state index contributed by atoms with van der Waals surface area (Å²) in [4.78, 5) is 14.3. The van der Waals surface area contributed by atoms with Crippen LogP contribution in [-0.2, 0) is 4.57 Å². The van der Waals surface area contributed by atoms with Crippen LogP contribution in [0.2, 0.25) is 0 Å². The van der Waals surface area contributed by atoms with Gasteiger partial charge in [0.1, 0.15) is 0 Å². The van der Waals surface area contributed by atoms with Crippen LogP contribution in [0.3, 0.4) is 0 Å². The first-order valence-electron chi connectivity index (χ1n) is 3.97. The first-order chi connectivity index (χ1) is 5.65.